The lowest BCUT2D eigenvalue weighted by molar-refractivity contribution is 0.100. The third kappa shape index (κ3) is 6.05. The fourth-order valence-corrected chi connectivity index (χ4v) is 1.77. The predicted molar refractivity (Wildman–Crippen MR) is 78.4 cm³/mol. The molecule has 0 radical (unpaired) electrons. The van der Waals surface area contributed by atoms with E-state index in [9.17, 15) is 5.11 Å². The van der Waals surface area contributed by atoms with Crippen molar-refractivity contribution < 1.29 is 9.84 Å². The molecule has 1 aromatic carbocycles. The van der Waals surface area contributed by atoms with Gasteiger partial charge in [0.15, 0.2) is 0 Å². The number of nitrogens with one attached hydrogen (secondary N) is 1. The topological polar surface area (TPSA) is 41.5 Å². The summed E-state index contributed by atoms with van der Waals surface area (Å²) in [5.74, 6) is 0.570. The maximum atomic E-state index is 9.79. The van der Waals surface area contributed by atoms with Gasteiger partial charge in [-0.05, 0) is 39.0 Å². The van der Waals surface area contributed by atoms with Crippen LogP contribution in [0.25, 0.3) is 0 Å². The molecule has 0 heterocycles. The van der Waals surface area contributed by atoms with Crippen LogP contribution in [0.15, 0.2) is 22.7 Å². The fourth-order valence-electron chi connectivity index (χ4n) is 1.26. The van der Waals surface area contributed by atoms with Crippen LogP contribution in [-0.2, 0) is 0 Å². The van der Waals surface area contributed by atoms with Crippen molar-refractivity contribution in [1.82, 2.24) is 5.32 Å². The van der Waals surface area contributed by atoms with E-state index in [1.54, 1.807) is 12.1 Å². The molecule has 18 heavy (non-hydrogen) atoms. The molecule has 0 bridgehead atoms. The molecule has 0 aliphatic heterocycles. The molecule has 0 saturated heterocycles. The number of β-amino-alcohol motifs (C(OH)–C–C–N with tert-alkyl or cyclic N) is 1. The summed E-state index contributed by atoms with van der Waals surface area (Å²) in [5.41, 5.74) is -0.0194. The minimum Gasteiger partial charge on any atom is -0.489 e. The number of aliphatic hydroxyl groups is 1. The Morgan fingerprint density at radius 1 is 1.44 bits per heavy atom. The Hall–Kier alpha value is -0.290. The molecule has 0 amide bonds. The quantitative estimate of drug-likeness (QED) is 0.867. The van der Waals surface area contributed by atoms with Crippen LogP contribution < -0.4 is 10.1 Å². The summed E-state index contributed by atoms with van der Waals surface area (Å²) in [6.07, 6.45) is -0.570. The van der Waals surface area contributed by atoms with Gasteiger partial charge in [-0.15, -0.1) is 0 Å². The highest BCUT2D eigenvalue weighted by Gasteiger charge is 2.13. The van der Waals surface area contributed by atoms with E-state index < -0.39 is 6.10 Å². The zero-order valence-corrected chi connectivity index (χ0v) is 13.2. The monoisotopic (exact) mass is 335 g/mol. The van der Waals surface area contributed by atoms with Crippen LogP contribution >= 0.6 is 27.5 Å². The van der Waals surface area contributed by atoms with Crippen LogP contribution in [0.2, 0.25) is 5.02 Å². The summed E-state index contributed by atoms with van der Waals surface area (Å²) < 4.78 is 6.39. The molecule has 0 aromatic heterocycles. The highest BCUT2D eigenvalue weighted by atomic mass is 79.9. The maximum absolute atomic E-state index is 9.79. The van der Waals surface area contributed by atoms with Gasteiger partial charge in [0.05, 0.1) is 5.02 Å². The van der Waals surface area contributed by atoms with Gasteiger partial charge in [0.25, 0.3) is 0 Å². The molecule has 1 atom stereocenters. The molecule has 1 rings (SSSR count). The average molecular weight is 337 g/mol. The van der Waals surface area contributed by atoms with E-state index in [0.717, 1.165) is 4.47 Å². The van der Waals surface area contributed by atoms with Crippen LogP contribution in [0.5, 0.6) is 5.75 Å². The minimum absolute atomic E-state index is 0.0194. The Labute approximate surface area is 122 Å². The molecule has 102 valence electrons. The van der Waals surface area contributed by atoms with Crippen LogP contribution in [0.3, 0.4) is 0 Å². The molecule has 1 aromatic rings. The largest absolute Gasteiger partial charge is 0.489 e. The summed E-state index contributed by atoms with van der Waals surface area (Å²) >= 11 is 9.33. The van der Waals surface area contributed by atoms with E-state index in [4.69, 9.17) is 16.3 Å². The van der Waals surface area contributed by atoms with Crippen molar-refractivity contribution in [2.75, 3.05) is 13.2 Å². The standard InChI is InChI=1S/C13H19BrClNO2/c1-13(2,3)16-7-10(17)8-18-12-6-9(14)4-5-11(12)15/h4-6,10,16-17H,7-8H2,1-3H3. The molecule has 0 aliphatic rings. The van der Waals surface area contributed by atoms with Crippen molar-refractivity contribution in [3.05, 3.63) is 27.7 Å². The van der Waals surface area contributed by atoms with Gasteiger partial charge in [0.2, 0.25) is 0 Å². The van der Waals surface area contributed by atoms with Gasteiger partial charge in [-0.25, -0.2) is 0 Å². The summed E-state index contributed by atoms with van der Waals surface area (Å²) in [7, 11) is 0. The minimum atomic E-state index is -0.570. The van der Waals surface area contributed by atoms with Gasteiger partial charge < -0.3 is 15.2 Å². The molecule has 1 unspecified atom stereocenters. The molecule has 2 N–H and O–H groups in total. The molecular weight excluding hydrogens is 318 g/mol. The zero-order chi connectivity index (χ0) is 13.8. The second-order valence-electron chi connectivity index (χ2n) is 5.17. The number of ether oxygens (including phenoxy) is 1. The van der Waals surface area contributed by atoms with Crippen LogP contribution in [0, 0.1) is 0 Å². The Kier molecular flexibility index (Phi) is 5.92. The van der Waals surface area contributed by atoms with Crippen molar-refractivity contribution in [3.63, 3.8) is 0 Å². The first-order valence-electron chi connectivity index (χ1n) is 5.79. The smallest absolute Gasteiger partial charge is 0.139 e. The van der Waals surface area contributed by atoms with E-state index >= 15 is 0 Å². The number of halogens is 2. The third-order valence-electron chi connectivity index (χ3n) is 2.19. The molecule has 3 nitrogen and oxygen atoms in total. The van der Waals surface area contributed by atoms with Crippen molar-refractivity contribution in [2.45, 2.75) is 32.4 Å². The molecule has 0 fully saturated rings. The molecule has 0 saturated carbocycles. The number of hydrogen-bond donors (Lipinski definition) is 2. The van der Waals surface area contributed by atoms with Crippen molar-refractivity contribution >= 4 is 27.5 Å². The van der Waals surface area contributed by atoms with E-state index in [2.05, 4.69) is 21.2 Å². The summed E-state index contributed by atoms with van der Waals surface area (Å²) in [4.78, 5) is 0. The van der Waals surface area contributed by atoms with E-state index in [-0.39, 0.29) is 12.1 Å². The van der Waals surface area contributed by atoms with Gasteiger partial charge in [0, 0.05) is 16.6 Å². The van der Waals surface area contributed by atoms with Gasteiger partial charge in [-0.1, -0.05) is 27.5 Å². The van der Waals surface area contributed by atoms with Crippen molar-refractivity contribution in [2.24, 2.45) is 0 Å². The average Bonchev–Trinajstić information content (AvgIpc) is 2.26. The first-order valence-corrected chi connectivity index (χ1v) is 6.96. The normalized spacial score (nSPS) is 13.4. The van der Waals surface area contributed by atoms with Gasteiger partial charge in [0.1, 0.15) is 18.5 Å². The van der Waals surface area contributed by atoms with Crippen LogP contribution in [-0.4, -0.2) is 29.9 Å². The fraction of sp³-hybridized carbons (Fsp3) is 0.538. The lowest BCUT2D eigenvalue weighted by Gasteiger charge is -2.23. The van der Waals surface area contributed by atoms with Crippen molar-refractivity contribution in [3.8, 4) is 5.75 Å². The van der Waals surface area contributed by atoms with Crippen LogP contribution in [0.1, 0.15) is 20.8 Å². The van der Waals surface area contributed by atoms with E-state index in [0.29, 0.717) is 17.3 Å². The van der Waals surface area contributed by atoms with Crippen molar-refractivity contribution in [1.29, 1.82) is 0 Å². The summed E-state index contributed by atoms with van der Waals surface area (Å²) in [5, 5.41) is 13.5. The van der Waals surface area contributed by atoms with Gasteiger partial charge >= 0.3 is 0 Å². The lowest BCUT2D eigenvalue weighted by Crippen LogP contribution is -2.42. The Morgan fingerprint density at radius 3 is 2.72 bits per heavy atom. The first kappa shape index (κ1) is 15.8. The van der Waals surface area contributed by atoms with E-state index in [1.165, 1.54) is 0 Å². The molecule has 0 aliphatic carbocycles. The molecular formula is C13H19BrClNO2. The third-order valence-corrected chi connectivity index (χ3v) is 3.00. The molecule has 0 spiro atoms. The molecule has 5 heteroatoms. The Balaban J connectivity index is 2.42. The van der Waals surface area contributed by atoms with Gasteiger partial charge in [-0.3, -0.25) is 0 Å². The number of aliphatic hydroxyl groups excluding tert-OH is 1. The highest BCUT2D eigenvalue weighted by molar-refractivity contribution is 9.10. The maximum Gasteiger partial charge on any atom is 0.139 e. The Morgan fingerprint density at radius 2 is 2.11 bits per heavy atom. The first-order chi connectivity index (χ1) is 8.28. The number of hydrogen-bond acceptors (Lipinski definition) is 3. The summed E-state index contributed by atoms with van der Waals surface area (Å²) in [6, 6.07) is 5.37. The zero-order valence-electron chi connectivity index (χ0n) is 10.8. The second-order valence-corrected chi connectivity index (χ2v) is 6.49. The second kappa shape index (κ2) is 6.75. The highest BCUT2D eigenvalue weighted by Crippen LogP contribution is 2.27. The summed E-state index contributed by atoms with van der Waals surface area (Å²) in [6.45, 7) is 6.83. The predicted octanol–water partition coefficient (Wildman–Crippen LogP) is 3.23. The van der Waals surface area contributed by atoms with E-state index in [1.807, 2.05) is 26.8 Å². The van der Waals surface area contributed by atoms with Gasteiger partial charge in [-0.2, -0.15) is 0 Å². The number of rotatable bonds is 5. The number of benzene rings is 1. The van der Waals surface area contributed by atoms with Crippen LogP contribution in [0.4, 0.5) is 0 Å². The Bertz CT molecular complexity index is 393. The SMILES string of the molecule is CC(C)(C)NCC(O)COc1cc(Br)ccc1Cl. The lowest BCUT2D eigenvalue weighted by atomic mass is 10.1.